The summed E-state index contributed by atoms with van der Waals surface area (Å²) in [6.07, 6.45) is 3.15. The first kappa shape index (κ1) is 13.4. The molecule has 1 aromatic rings. The van der Waals surface area contributed by atoms with E-state index < -0.39 is 0 Å². The van der Waals surface area contributed by atoms with Gasteiger partial charge in [0.1, 0.15) is 0 Å². The van der Waals surface area contributed by atoms with Crippen molar-refractivity contribution < 1.29 is 4.79 Å². The highest BCUT2D eigenvalue weighted by Gasteiger charge is 1.99. The fourth-order valence-electron chi connectivity index (χ4n) is 0.820. The standard InChI is InChI=1S/C8H12N4O.C2H6/c1-6(13)11-7-4-9-8(10-5-7)12(2)3;1-2/h4-5H,1-3H3,(H,11,13);1-2H3. The summed E-state index contributed by atoms with van der Waals surface area (Å²) in [7, 11) is 3.71. The minimum Gasteiger partial charge on any atom is -0.347 e. The Morgan fingerprint density at radius 3 is 2.07 bits per heavy atom. The topological polar surface area (TPSA) is 58.1 Å². The number of aromatic nitrogens is 2. The molecule has 0 bridgehead atoms. The summed E-state index contributed by atoms with van der Waals surface area (Å²) in [5.74, 6) is 0.496. The van der Waals surface area contributed by atoms with Crippen LogP contribution in [0.3, 0.4) is 0 Å². The monoisotopic (exact) mass is 210 g/mol. The summed E-state index contributed by atoms with van der Waals surface area (Å²) >= 11 is 0. The lowest BCUT2D eigenvalue weighted by Gasteiger charge is -2.09. The Labute approximate surface area is 90.5 Å². The van der Waals surface area contributed by atoms with Crippen LogP contribution in [0.4, 0.5) is 11.6 Å². The molecule has 5 nitrogen and oxygen atoms in total. The first-order valence-electron chi connectivity index (χ1n) is 4.86. The van der Waals surface area contributed by atoms with Gasteiger partial charge in [-0.05, 0) is 0 Å². The molecule has 0 atom stereocenters. The Hall–Kier alpha value is -1.65. The van der Waals surface area contributed by atoms with Crippen molar-refractivity contribution in [3.63, 3.8) is 0 Å². The second-order valence-corrected chi connectivity index (χ2v) is 2.85. The number of nitrogens with one attached hydrogen (secondary N) is 1. The first-order valence-corrected chi connectivity index (χ1v) is 4.86. The fourth-order valence-corrected chi connectivity index (χ4v) is 0.820. The Bertz CT molecular complexity index is 295. The molecule has 0 fully saturated rings. The van der Waals surface area contributed by atoms with Crippen LogP contribution >= 0.6 is 0 Å². The predicted octanol–water partition coefficient (Wildman–Crippen LogP) is 1.53. The molecule has 15 heavy (non-hydrogen) atoms. The molecule has 84 valence electrons. The number of nitrogens with zero attached hydrogens (tertiary/aromatic N) is 3. The van der Waals surface area contributed by atoms with Crippen LogP contribution in [0, 0.1) is 0 Å². The smallest absolute Gasteiger partial charge is 0.224 e. The maximum absolute atomic E-state index is 10.7. The molecule has 0 unspecified atom stereocenters. The maximum atomic E-state index is 10.7. The van der Waals surface area contributed by atoms with Gasteiger partial charge in [0.15, 0.2) is 0 Å². The Morgan fingerprint density at radius 2 is 1.73 bits per heavy atom. The normalized spacial score (nSPS) is 8.60. The molecular formula is C10H18N4O. The fraction of sp³-hybridized carbons (Fsp3) is 0.500. The van der Waals surface area contributed by atoms with Gasteiger partial charge in [0, 0.05) is 21.0 Å². The molecule has 0 aliphatic rings. The van der Waals surface area contributed by atoms with E-state index in [1.54, 1.807) is 17.3 Å². The molecule has 1 rings (SSSR count). The van der Waals surface area contributed by atoms with Gasteiger partial charge in [-0.1, -0.05) is 13.8 Å². The molecule has 1 aromatic heterocycles. The third kappa shape index (κ3) is 4.95. The highest BCUT2D eigenvalue weighted by Crippen LogP contribution is 2.06. The van der Waals surface area contributed by atoms with Crippen molar-refractivity contribution in [2.45, 2.75) is 20.8 Å². The van der Waals surface area contributed by atoms with Crippen LogP contribution in [-0.2, 0) is 4.79 Å². The summed E-state index contributed by atoms with van der Waals surface area (Å²) in [4.78, 5) is 20.5. The van der Waals surface area contributed by atoms with E-state index in [9.17, 15) is 4.79 Å². The third-order valence-electron chi connectivity index (χ3n) is 1.36. The van der Waals surface area contributed by atoms with E-state index in [1.807, 2.05) is 27.9 Å². The number of hydrogen-bond acceptors (Lipinski definition) is 4. The zero-order chi connectivity index (χ0) is 11.8. The van der Waals surface area contributed by atoms with Crippen LogP contribution in [0.2, 0.25) is 0 Å². The minimum atomic E-state index is -0.124. The number of carbonyl (C=O) groups excluding carboxylic acids is 1. The van der Waals surface area contributed by atoms with Gasteiger partial charge in [-0.2, -0.15) is 0 Å². The Balaban J connectivity index is 0.000000921. The van der Waals surface area contributed by atoms with Crippen LogP contribution in [0.5, 0.6) is 0 Å². The average Bonchev–Trinajstić information content (AvgIpc) is 2.20. The van der Waals surface area contributed by atoms with Crippen molar-refractivity contribution in [2.24, 2.45) is 0 Å². The quantitative estimate of drug-likeness (QED) is 0.804. The molecule has 5 heteroatoms. The van der Waals surface area contributed by atoms with Gasteiger partial charge in [-0.25, -0.2) is 9.97 Å². The number of rotatable bonds is 2. The maximum Gasteiger partial charge on any atom is 0.224 e. The van der Waals surface area contributed by atoms with E-state index in [0.717, 1.165) is 0 Å². The van der Waals surface area contributed by atoms with Gasteiger partial charge >= 0.3 is 0 Å². The second-order valence-electron chi connectivity index (χ2n) is 2.85. The van der Waals surface area contributed by atoms with Gasteiger partial charge in [-0.15, -0.1) is 0 Å². The summed E-state index contributed by atoms with van der Waals surface area (Å²) in [6, 6.07) is 0. The second kappa shape index (κ2) is 6.75. The Morgan fingerprint density at radius 1 is 1.27 bits per heavy atom. The lowest BCUT2D eigenvalue weighted by atomic mass is 10.5. The van der Waals surface area contributed by atoms with Gasteiger partial charge in [0.2, 0.25) is 11.9 Å². The number of anilines is 2. The summed E-state index contributed by atoms with van der Waals surface area (Å²) in [6.45, 7) is 5.44. The van der Waals surface area contributed by atoms with E-state index in [-0.39, 0.29) is 5.91 Å². The lowest BCUT2D eigenvalue weighted by molar-refractivity contribution is -0.114. The summed E-state index contributed by atoms with van der Waals surface area (Å²) in [5.41, 5.74) is 0.609. The predicted molar refractivity (Wildman–Crippen MR) is 62.0 cm³/mol. The molecule has 0 aliphatic carbocycles. The van der Waals surface area contributed by atoms with E-state index in [4.69, 9.17) is 0 Å². The van der Waals surface area contributed by atoms with Gasteiger partial charge in [-0.3, -0.25) is 4.79 Å². The van der Waals surface area contributed by atoms with Crippen LogP contribution in [0.1, 0.15) is 20.8 Å². The lowest BCUT2D eigenvalue weighted by Crippen LogP contribution is -2.13. The summed E-state index contributed by atoms with van der Waals surface area (Å²) < 4.78 is 0. The van der Waals surface area contributed by atoms with Crippen molar-refractivity contribution in [1.82, 2.24) is 9.97 Å². The zero-order valence-electron chi connectivity index (χ0n) is 9.90. The van der Waals surface area contributed by atoms with Crippen LogP contribution < -0.4 is 10.2 Å². The van der Waals surface area contributed by atoms with E-state index in [1.165, 1.54) is 6.92 Å². The molecule has 1 amide bonds. The molecule has 1 heterocycles. The SMILES string of the molecule is CC.CC(=O)Nc1cnc(N(C)C)nc1. The largest absolute Gasteiger partial charge is 0.347 e. The highest BCUT2D eigenvalue weighted by atomic mass is 16.1. The number of carbonyl (C=O) groups is 1. The van der Waals surface area contributed by atoms with Gasteiger partial charge < -0.3 is 10.2 Å². The summed E-state index contributed by atoms with van der Waals surface area (Å²) in [5, 5.41) is 2.59. The molecule has 0 saturated heterocycles. The Kier molecular flexibility index (Phi) is 6.01. The van der Waals surface area contributed by atoms with Crippen molar-refractivity contribution >= 4 is 17.5 Å². The average molecular weight is 210 g/mol. The van der Waals surface area contributed by atoms with Crippen molar-refractivity contribution in [1.29, 1.82) is 0 Å². The van der Waals surface area contributed by atoms with E-state index >= 15 is 0 Å². The number of hydrogen-bond donors (Lipinski definition) is 1. The van der Waals surface area contributed by atoms with Crippen LogP contribution in [0.15, 0.2) is 12.4 Å². The van der Waals surface area contributed by atoms with E-state index in [2.05, 4.69) is 15.3 Å². The van der Waals surface area contributed by atoms with Crippen LogP contribution in [0.25, 0.3) is 0 Å². The molecule has 1 N–H and O–H groups in total. The van der Waals surface area contributed by atoms with Crippen molar-refractivity contribution in [2.75, 3.05) is 24.3 Å². The minimum absolute atomic E-state index is 0.124. The highest BCUT2D eigenvalue weighted by molar-refractivity contribution is 5.88. The zero-order valence-corrected chi connectivity index (χ0v) is 9.90. The molecule has 0 radical (unpaired) electrons. The first-order chi connectivity index (χ1) is 7.09. The van der Waals surface area contributed by atoms with E-state index in [0.29, 0.717) is 11.6 Å². The molecule has 0 spiro atoms. The molecule has 0 saturated carbocycles. The number of amides is 1. The third-order valence-corrected chi connectivity index (χ3v) is 1.36. The van der Waals surface area contributed by atoms with Gasteiger partial charge in [0.25, 0.3) is 0 Å². The van der Waals surface area contributed by atoms with Crippen LogP contribution in [-0.4, -0.2) is 30.0 Å². The van der Waals surface area contributed by atoms with Crippen molar-refractivity contribution in [3.05, 3.63) is 12.4 Å². The van der Waals surface area contributed by atoms with Gasteiger partial charge in [0.05, 0.1) is 18.1 Å². The van der Waals surface area contributed by atoms with Crippen molar-refractivity contribution in [3.8, 4) is 0 Å². The molecular weight excluding hydrogens is 192 g/mol. The molecule has 0 aromatic carbocycles. The molecule has 0 aliphatic heterocycles.